The predicted octanol–water partition coefficient (Wildman–Crippen LogP) is 3.16. The number of oxazole rings is 1. The number of carbonyl (C=O) groups excluding carboxylic acids is 1. The number of hydrogen-bond donors (Lipinski definition) is 3. The topological polar surface area (TPSA) is 113 Å². The Hall–Kier alpha value is -3.17. The van der Waals surface area contributed by atoms with Gasteiger partial charge >= 0.3 is 16.1 Å². The van der Waals surface area contributed by atoms with Crippen LogP contribution < -0.4 is 14.8 Å². The molecule has 1 aromatic heterocycles. The molecule has 8 nitrogen and oxygen atoms in total. The summed E-state index contributed by atoms with van der Waals surface area (Å²) in [4.78, 5) is 16.6. The molecule has 166 valence electrons. The second-order valence-corrected chi connectivity index (χ2v) is 9.63. The molecule has 0 unspecified atom stereocenters. The van der Waals surface area contributed by atoms with Crippen molar-refractivity contribution in [2.45, 2.75) is 45.1 Å². The molecule has 0 spiro atoms. The Morgan fingerprint density at radius 1 is 1.00 bits per heavy atom. The van der Waals surface area contributed by atoms with Crippen LogP contribution in [-0.2, 0) is 42.4 Å². The maximum Gasteiger partial charge on any atom is 0.303 e. The molecular formula is C23H24N4O4S. The van der Waals surface area contributed by atoms with Gasteiger partial charge < -0.3 is 9.73 Å². The lowest BCUT2D eigenvalue weighted by Gasteiger charge is -2.14. The number of fused-ring (bicyclic) bond motifs is 2. The van der Waals surface area contributed by atoms with E-state index in [9.17, 15) is 13.2 Å². The fraction of sp³-hybridized carbons (Fsp3) is 0.304. The molecule has 0 fully saturated rings. The summed E-state index contributed by atoms with van der Waals surface area (Å²) in [6.07, 6.45) is 7.64. The number of amides is 1. The van der Waals surface area contributed by atoms with E-state index in [2.05, 4.69) is 21.1 Å². The molecule has 9 heteroatoms. The average Bonchev–Trinajstić information content (AvgIpc) is 3.53. The van der Waals surface area contributed by atoms with Crippen molar-refractivity contribution in [3.8, 4) is 0 Å². The standard InChI is InChI=1S/C23H24N4O4S/c28-22(27-32(29,30)25-13-15-6-2-1-3-7-15)20-14-24-23(31-20)26-21-18-10-4-8-16(18)12-17-9-5-11-19(17)21/h1-3,6-7,12,14,25H,4-5,8-11,13H2,(H,24,26)(H,27,28). The van der Waals surface area contributed by atoms with E-state index in [1.54, 1.807) is 12.1 Å². The summed E-state index contributed by atoms with van der Waals surface area (Å²) >= 11 is 0. The van der Waals surface area contributed by atoms with Crippen LogP contribution in [0.1, 0.15) is 51.2 Å². The first-order chi connectivity index (χ1) is 15.5. The highest BCUT2D eigenvalue weighted by Crippen LogP contribution is 2.39. The summed E-state index contributed by atoms with van der Waals surface area (Å²) in [5, 5.41) is 3.27. The minimum absolute atomic E-state index is 0.0664. The van der Waals surface area contributed by atoms with Crippen LogP contribution in [0, 0.1) is 0 Å². The van der Waals surface area contributed by atoms with Gasteiger partial charge in [0.25, 0.3) is 6.01 Å². The van der Waals surface area contributed by atoms with Crippen molar-refractivity contribution < 1.29 is 17.6 Å². The van der Waals surface area contributed by atoms with Gasteiger partial charge in [-0.25, -0.2) is 9.71 Å². The Labute approximate surface area is 186 Å². The van der Waals surface area contributed by atoms with Gasteiger partial charge in [-0.05, 0) is 66.3 Å². The molecule has 2 aliphatic carbocycles. The number of nitrogens with one attached hydrogen (secondary N) is 3. The van der Waals surface area contributed by atoms with Gasteiger partial charge in [0.2, 0.25) is 5.76 Å². The minimum Gasteiger partial charge on any atom is -0.418 e. The summed E-state index contributed by atoms with van der Waals surface area (Å²) in [6, 6.07) is 11.5. The summed E-state index contributed by atoms with van der Waals surface area (Å²) < 4.78 is 34.3. The van der Waals surface area contributed by atoms with Crippen LogP contribution in [0.2, 0.25) is 0 Å². The molecule has 0 aliphatic heterocycles. The lowest BCUT2D eigenvalue weighted by Crippen LogP contribution is -2.39. The third kappa shape index (κ3) is 4.26. The minimum atomic E-state index is -4.05. The monoisotopic (exact) mass is 452 g/mol. The van der Waals surface area contributed by atoms with Gasteiger partial charge in [-0.2, -0.15) is 13.1 Å². The van der Waals surface area contributed by atoms with Gasteiger partial charge in [0.1, 0.15) is 0 Å². The van der Waals surface area contributed by atoms with Gasteiger partial charge in [0.05, 0.1) is 6.20 Å². The fourth-order valence-electron chi connectivity index (χ4n) is 4.49. The van der Waals surface area contributed by atoms with Crippen molar-refractivity contribution in [1.29, 1.82) is 0 Å². The van der Waals surface area contributed by atoms with E-state index < -0.39 is 16.1 Å². The van der Waals surface area contributed by atoms with Gasteiger partial charge in [0.15, 0.2) is 0 Å². The number of aromatic nitrogens is 1. The van der Waals surface area contributed by atoms with Crippen LogP contribution in [0.4, 0.5) is 11.7 Å². The number of hydrogen-bond acceptors (Lipinski definition) is 6. The largest absolute Gasteiger partial charge is 0.418 e. The van der Waals surface area contributed by atoms with Gasteiger partial charge in [0, 0.05) is 12.2 Å². The van der Waals surface area contributed by atoms with E-state index in [0.29, 0.717) is 0 Å². The third-order valence-corrected chi connectivity index (χ3v) is 6.95. The van der Waals surface area contributed by atoms with E-state index in [1.807, 2.05) is 22.9 Å². The molecule has 0 saturated heterocycles. The van der Waals surface area contributed by atoms with E-state index in [-0.39, 0.29) is 18.3 Å². The number of carbonyl (C=O) groups is 1. The third-order valence-electron chi connectivity index (χ3n) is 5.97. The molecule has 3 aromatic rings. The normalized spacial score (nSPS) is 14.8. The second-order valence-electron chi connectivity index (χ2n) is 8.13. The number of benzene rings is 2. The van der Waals surface area contributed by atoms with Crippen molar-refractivity contribution in [1.82, 2.24) is 14.4 Å². The zero-order valence-corrected chi connectivity index (χ0v) is 18.3. The molecule has 2 aromatic carbocycles. The smallest absolute Gasteiger partial charge is 0.303 e. The highest BCUT2D eigenvalue weighted by molar-refractivity contribution is 7.88. The van der Waals surface area contributed by atoms with E-state index in [0.717, 1.165) is 49.8 Å². The molecule has 2 aliphatic rings. The van der Waals surface area contributed by atoms with Crippen molar-refractivity contribution in [3.05, 3.63) is 76.2 Å². The molecule has 32 heavy (non-hydrogen) atoms. The van der Waals surface area contributed by atoms with Crippen LogP contribution in [-0.4, -0.2) is 19.3 Å². The van der Waals surface area contributed by atoms with Crippen molar-refractivity contribution >= 4 is 27.8 Å². The van der Waals surface area contributed by atoms with Crippen molar-refractivity contribution in [2.24, 2.45) is 0 Å². The number of anilines is 2. The molecular weight excluding hydrogens is 428 g/mol. The summed E-state index contributed by atoms with van der Waals surface area (Å²) in [6.45, 7) is 0.0664. The van der Waals surface area contributed by atoms with Crippen LogP contribution in [0.25, 0.3) is 0 Å². The molecule has 3 N–H and O–H groups in total. The average molecular weight is 453 g/mol. The van der Waals surface area contributed by atoms with E-state index >= 15 is 0 Å². The molecule has 0 radical (unpaired) electrons. The van der Waals surface area contributed by atoms with Crippen LogP contribution >= 0.6 is 0 Å². The molecule has 0 saturated carbocycles. The van der Waals surface area contributed by atoms with Crippen LogP contribution in [0.3, 0.4) is 0 Å². The molecule has 0 atom stereocenters. The Morgan fingerprint density at radius 3 is 2.38 bits per heavy atom. The Balaban J connectivity index is 1.28. The Bertz CT molecular complexity index is 1240. The quantitative estimate of drug-likeness (QED) is 0.508. The lowest BCUT2D eigenvalue weighted by atomic mass is 9.99. The second kappa shape index (κ2) is 8.40. The van der Waals surface area contributed by atoms with E-state index in [1.165, 1.54) is 28.5 Å². The fourth-order valence-corrected chi connectivity index (χ4v) is 5.27. The molecule has 0 bridgehead atoms. The van der Waals surface area contributed by atoms with Crippen molar-refractivity contribution in [2.75, 3.05) is 5.32 Å². The summed E-state index contributed by atoms with van der Waals surface area (Å²) in [7, 11) is -4.05. The Kier molecular flexibility index (Phi) is 5.44. The van der Waals surface area contributed by atoms with Gasteiger partial charge in [-0.3, -0.25) is 4.79 Å². The lowest BCUT2D eigenvalue weighted by molar-refractivity contribution is 0.0955. The first kappa shape index (κ1) is 20.7. The summed E-state index contributed by atoms with van der Waals surface area (Å²) in [5.41, 5.74) is 7.14. The number of aryl methyl sites for hydroxylation is 2. The molecule has 1 heterocycles. The molecule has 1 amide bonds. The van der Waals surface area contributed by atoms with Crippen LogP contribution in [0.5, 0.6) is 0 Å². The van der Waals surface area contributed by atoms with E-state index in [4.69, 9.17) is 4.42 Å². The Morgan fingerprint density at radius 2 is 1.69 bits per heavy atom. The molecule has 5 rings (SSSR count). The summed E-state index contributed by atoms with van der Waals surface area (Å²) in [5.74, 6) is -1.06. The maximum absolute atomic E-state index is 12.4. The van der Waals surface area contributed by atoms with Gasteiger partial charge in [-0.15, -0.1) is 0 Å². The first-order valence-corrected chi connectivity index (χ1v) is 12.2. The van der Waals surface area contributed by atoms with Crippen LogP contribution in [0.15, 0.2) is 47.0 Å². The predicted molar refractivity (Wildman–Crippen MR) is 120 cm³/mol. The zero-order valence-electron chi connectivity index (χ0n) is 17.5. The zero-order chi connectivity index (χ0) is 22.1. The SMILES string of the molecule is O=C(NS(=O)(=O)NCc1ccccc1)c1cnc(Nc2c3c(cc4c2CCC4)CCC3)o1. The number of nitrogens with zero attached hydrogens (tertiary/aromatic N) is 1. The van der Waals surface area contributed by atoms with Gasteiger partial charge in [-0.1, -0.05) is 36.4 Å². The van der Waals surface area contributed by atoms with Crippen molar-refractivity contribution in [3.63, 3.8) is 0 Å². The number of rotatable bonds is 7. The highest BCUT2D eigenvalue weighted by Gasteiger charge is 2.25. The maximum atomic E-state index is 12.4. The highest BCUT2D eigenvalue weighted by atomic mass is 32.2. The first-order valence-electron chi connectivity index (χ1n) is 10.7.